The van der Waals surface area contributed by atoms with Crippen molar-refractivity contribution in [2.75, 3.05) is 0 Å². The van der Waals surface area contributed by atoms with Crippen LogP contribution in [-0.4, -0.2) is 19.6 Å². The molecule has 1 aliphatic rings. The second-order valence-electron chi connectivity index (χ2n) is 8.06. The van der Waals surface area contributed by atoms with Gasteiger partial charge >= 0.3 is 0 Å². The van der Waals surface area contributed by atoms with Gasteiger partial charge in [0, 0.05) is 29.7 Å². The number of aromatic nitrogens is 3. The number of hydrogen-bond donors (Lipinski definition) is 1. The first-order valence-electron chi connectivity index (χ1n) is 9.09. The lowest BCUT2D eigenvalue weighted by atomic mass is 9.85. The molecule has 130 valence electrons. The van der Waals surface area contributed by atoms with Crippen molar-refractivity contribution >= 4 is 0 Å². The fourth-order valence-electron chi connectivity index (χ4n) is 3.54. The molecule has 0 radical (unpaired) electrons. The van der Waals surface area contributed by atoms with E-state index in [9.17, 15) is 5.11 Å². The van der Waals surface area contributed by atoms with E-state index in [0.717, 1.165) is 29.9 Å². The molecule has 3 rings (SSSR count). The summed E-state index contributed by atoms with van der Waals surface area (Å²) in [5, 5.41) is 10.7. The van der Waals surface area contributed by atoms with Crippen molar-refractivity contribution in [1.82, 2.24) is 14.5 Å². The summed E-state index contributed by atoms with van der Waals surface area (Å²) >= 11 is 0. The van der Waals surface area contributed by atoms with Crippen molar-refractivity contribution in [3.05, 3.63) is 47.8 Å². The predicted octanol–water partition coefficient (Wildman–Crippen LogP) is 4.24. The standard InChI is InChI=1S/C20H29N3O/c1-20(2,3)17-10-9-15(13-22-17)14-23-12-11-21-19(23)18(24)16-7-5-4-6-8-16/h9-13,16,18,24H,4-8,14H2,1-3H3. The van der Waals surface area contributed by atoms with E-state index in [-0.39, 0.29) is 5.41 Å². The highest BCUT2D eigenvalue weighted by Gasteiger charge is 2.26. The molecule has 0 amide bonds. The second-order valence-corrected chi connectivity index (χ2v) is 8.06. The minimum atomic E-state index is -0.456. The molecular weight excluding hydrogens is 298 g/mol. The Kier molecular flexibility index (Phi) is 5.04. The van der Waals surface area contributed by atoms with Crippen LogP contribution in [0.25, 0.3) is 0 Å². The quantitative estimate of drug-likeness (QED) is 0.914. The number of aliphatic hydroxyl groups is 1. The van der Waals surface area contributed by atoms with Crippen LogP contribution in [-0.2, 0) is 12.0 Å². The number of hydrogen-bond acceptors (Lipinski definition) is 3. The maximum atomic E-state index is 10.7. The monoisotopic (exact) mass is 327 g/mol. The first-order valence-corrected chi connectivity index (χ1v) is 9.09. The molecule has 1 aliphatic carbocycles. The molecule has 2 heterocycles. The summed E-state index contributed by atoms with van der Waals surface area (Å²) in [7, 11) is 0. The maximum Gasteiger partial charge on any atom is 0.138 e. The Labute approximate surface area is 145 Å². The minimum Gasteiger partial charge on any atom is -0.385 e. The van der Waals surface area contributed by atoms with Crippen molar-refractivity contribution in [3.8, 4) is 0 Å². The highest BCUT2D eigenvalue weighted by atomic mass is 16.3. The number of imidazole rings is 1. The Balaban J connectivity index is 1.73. The fourth-order valence-corrected chi connectivity index (χ4v) is 3.54. The third-order valence-corrected chi connectivity index (χ3v) is 5.05. The number of rotatable bonds is 4. The van der Waals surface area contributed by atoms with Gasteiger partial charge in [-0.3, -0.25) is 4.98 Å². The Morgan fingerprint density at radius 3 is 2.54 bits per heavy atom. The van der Waals surface area contributed by atoms with Gasteiger partial charge in [-0.2, -0.15) is 0 Å². The van der Waals surface area contributed by atoms with E-state index in [1.54, 1.807) is 6.20 Å². The first-order chi connectivity index (χ1) is 11.4. The molecule has 4 heteroatoms. The molecule has 0 aliphatic heterocycles. The third-order valence-electron chi connectivity index (χ3n) is 5.05. The molecule has 1 atom stereocenters. The highest BCUT2D eigenvalue weighted by Crippen LogP contribution is 2.33. The molecule has 1 unspecified atom stereocenters. The van der Waals surface area contributed by atoms with Gasteiger partial charge in [-0.1, -0.05) is 46.1 Å². The summed E-state index contributed by atoms with van der Waals surface area (Å²) in [6, 6.07) is 4.23. The van der Waals surface area contributed by atoms with Crippen LogP contribution < -0.4 is 0 Å². The van der Waals surface area contributed by atoms with Crippen LogP contribution >= 0.6 is 0 Å². The van der Waals surface area contributed by atoms with Crippen LogP contribution in [0.2, 0.25) is 0 Å². The molecule has 0 aromatic carbocycles. The smallest absolute Gasteiger partial charge is 0.138 e. The highest BCUT2D eigenvalue weighted by molar-refractivity contribution is 5.20. The van der Waals surface area contributed by atoms with Crippen LogP contribution in [0.15, 0.2) is 30.7 Å². The molecular formula is C20H29N3O. The van der Waals surface area contributed by atoms with E-state index < -0.39 is 6.10 Å². The molecule has 1 fully saturated rings. The molecule has 0 spiro atoms. The summed E-state index contributed by atoms with van der Waals surface area (Å²) in [5.74, 6) is 1.14. The van der Waals surface area contributed by atoms with Gasteiger partial charge in [0.1, 0.15) is 11.9 Å². The summed E-state index contributed by atoms with van der Waals surface area (Å²) in [6.07, 6.45) is 11.2. The van der Waals surface area contributed by atoms with Crippen LogP contribution in [0.4, 0.5) is 0 Å². The van der Waals surface area contributed by atoms with Gasteiger partial charge in [0.05, 0.1) is 6.54 Å². The van der Waals surface area contributed by atoms with Gasteiger partial charge in [-0.15, -0.1) is 0 Å². The topological polar surface area (TPSA) is 50.9 Å². The summed E-state index contributed by atoms with van der Waals surface area (Å²) < 4.78 is 2.06. The average Bonchev–Trinajstić information content (AvgIpc) is 3.03. The van der Waals surface area contributed by atoms with Crippen molar-refractivity contribution in [1.29, 1.82) is 0 Å². The lowest BCUT2D eigenvalue weighted by Gasteiger charge is -2.26. The van der Waals surface area contributed by atoms with E-state index in [1.165, 1.54) is 19.3 Å². The molecule has 1 saturated carbocycles. The number of aliphatic hydroxyl groups excluding tert-OH is 1. The lowest BCUT2D eigenvalue weighted by molar-refractivity contribution is 0.0743. The van der Waals surface area contributed by atoms with Gasteiger partial charge in [-0.25, -0.2) is 4.98 Å². The van der Waals surface area contributed by atoms with Crippen LogP contribution in [0, 0.1) is 5.92 Å². The second kappa shape index (κ2) is 7.06. The van der Waals surface area contributed by atoms with E-state index >= 15 is 0 Å². The summed E-state index contributed by atoms with van der Waals surface area (Å²) in [5.41, 5.74) is 2.30. The number of pyridine rings is 1. The normalized spacial score (nSPS) is 17.8. The van der Waals surface area contributed by atoms with Gasteiger partial charge in [0.2, 0.25) is 0 Å². The van der Waals surface area contributed by atoms with E-state index in [0.29, 0.717) is 12.5 Å². The zero-order chi connectivity index (χ0) is 17.2. The molecule has 2 aromatic rings. The average molecular weight is 327 g/mol. The van der Waals surface area contributed by atoms with Crippen LogP contribution in [0.3, 0.4) is 0 Å². The van der Waals surface area contributed by atoms with Crippen molar-refractivity contribution in [2.24, 2.45) is 5.92 Å². The Hall–Kier alpha value is -1.68. The SMILES string of the molecule is CC(C)(C)c1ccc(Cn2ccnc2C(O)C2CCCCC2)cn1. The van der Waals surface area contributed by atoms with E-state index in [4.69, 9.17) is 0 Å². The van der Waals surface area contributed by atoms with Crippen LogP contribution in [0.5, 0.6) is 0 Å². The van der Waals surface area contributed by atoms with E-state index in [1.807, 2.05) is 12.4 Å². The summed E-state index contributed by atoms with van der Waals surface area (Å²) in [6.45, 7) is 7.22. The van der Waals surface area contributed by atoms with Gasteiger partial charge in [0.15, 0.2) is 0 Å². The van der Waals surface area contributed by atoms with Gasteiger partial charge < -0.3 is 9.67 Å². The van der Waals surface area contributed by atoms with E-state index in [2.05, 4.69) is 47.4 Å². The Bertz CT molecular complexity index is 648. The zero-order valence-electron chi connectivity index (χ0n) is 15.1. The Morgan fingerprint density at radius 1 is 1.17 bits per heavy atom. The van der Waals surface area contributed by atoms with Gasteiger partial charge in [-0.05, 0) is 30.4 Å². The minimum absolute atomic E-state index is 0.0653. The Morgan fingerprint density at radius 2 is 1.92 bits per heavy atom. The third kappa shape index (κ3) is 3.86. The molecule has 0 bridgehead atoms. The van der Waals surface area contributed by atoms with Crippen molar-refractivity contribution in [2.45, 2.75) is 70.9 Å². The molecule has 1 N–H and O–H groups in total. The maximum absolute atomic E-state index is 10.7. The number of nitrogens with zero attached hydrogens (tertiary/aromatic N) is 3. The molecule has 4 nitrogen and oxygen atoms in total. The summed E-state index contributed by atoms with van der Waals surface area (Å²) in [4.78, 5) is 9.04. The van der Waals surface area contributed by atoms with Crippen molar-refractivity contribution < 1.29 is 5.11 Å². The molecule has 0 saturated heterocycles. The zero-order valence-corrected chi connectivity index (χ0v) is 15.1. The first kappa shape index (κ1) is 17.2. The lowest BCUT2D eigenvalue weighted by Crippen LogP contribution is -2.20. The molecule has 2 aromatic heterocycles. The van der Waals surface area contributed by atoms with Crippen molar-refractivity contribution in [3.63, 3.8) is 0 Å². The van der Waals surface area contributed by atoms with Crippen LogP contribution in [0.1, 0.15) is 76.1 Å². The fraction of sp³-hybridized carbons (Fsp3) is 0.600. The largest absolute Gasteiger partial charge is 0.385 e. The predicted molar refractivity (Wildman–Crippen MR) is 95.8 cm³/mol. The molecule has 24 heavy (non-hydrogen) atoms. The van der Waals surface area contributed by atoms with Gasteiger partial charge in [0.25, 0.3) is 0 Å².